The van der Waals surface area contributed by atoms with E-state index in [9.17, 15) is 14.4 Å². The Balaban J connectivity index is 1.48. The first-order valence-corrected chi connectivity index (χ1v) is 8.36. The molecule has 1 aliphatic rings. The minimum Gasteiger partial charge on any atom is -0.314 e. The van der Waals surface area contributed by atoms with Crippen molar-refractivity contribution in [2.45, 2.75) is 6.42 Å². The number of benzene rings is 2. The molecular formula is C20H20N2O3. The van der Waals surface area contributed by atoms with Gasteiger partial charge >= 0.3 is 0 Å². The summed E-state index contributed by atoms with van der Waals surface area (Å²) >= 11 is 0. The molecule has 0 radical (unpaired) electrons. The van der Waals surface area contributed by atoms with Crippen LogP contribution in [0, 0.1) is 5.92 Å². The van der Waals surface area contributed by atoms with Crippen molar-refractivity contribution in [1.82, 2.24) is 10.2 Å². The number of rotatable bonds is 8. The highest BCUT2D eigenvalue weighted by Gasteiger charge is 2.34. The molecule has 0 saturated carbocycles. The molecule has 3 rings (SSSR count). The predicted molar refractivity (Wildman–Crippen MR) is 94.4 cm³/mol. The number of carbonyl (C=O) groups excluding carboxylic acids is 3. The van der Waals surface area contributed by atoms with Crippen LogP contribution in [0.25, 0.3) is 0 Å². The second-order valence-electron chi connectivity index (χ2n) is 6.10. The van der Waals surface area contributed by atoms with Crippen molar-refractivity contribution in [3.63, 3.8) is 0 Å². The fraction of sp³-hybridized carbons (Fsp3) is 0.250. The van der Waals surface area contributed by atoms with Gasteiger partial charge in [-0.1, -0.05) is 42.5 Å². The summed E-state index contributed by atoms with van der Waals surface area (Å²) in [6.45, 7) is 1.27. The number of hydrogen-bond donors (Lipinski definition) is 1. The van der Waals surface area contributed by atoms with Crippen LogP contribution >= 0.6 is 0 Å². The van der Waals surface area contributed by atoms with Gasteiger partial charge in [-0.05, 0) is 24.1 Å². The van der Waals surface area contributed by atoms with Crippen molar-refractivity contribution < 1.29 is 14.4 Å². The highest BCUT2D eigenvalue weighted by Crippen LogP contribution is 2.21. The van der Waals surface area contributed by atoms with E-state index in [1.807, 2.05) is 30.3 Å². The molecule has 1 aliphatic heterocycles. The zero-order valence-electron chi connectivity index (χ0n) is 13.9. The summed E-state index contributed by atoms with van der Waals surface area (Å²) in [4.78, 5) is 37.0. The first kappa shape index (κ1) is 17.0. The molecule has 1 unspecified atom stereocenters. The van der Waals surface area contributed by atoms with Gasteiger partial charge in [0.25, 0.3) is 11.8 Å². The fourth-order valence-electron chi connectivity index (χ4n) is 3.01. The monoisotopic (exact) mass is 336 g/mol. The van der Waals surface area contributed by atoms with E-state index in [2.05, 4.69) is 5.32 Å². The molecule has 5 nitrogen and oxygen atoms in total. The average Bonchev–Trinajstić information content (AvgIpc) is 2.90. The highest BCUT2D eigenvalue weighted by atomic mass is 16.2. The highest BCUT2D eigenvalue weighted by molar-refractivity contribution is 6.21. The molecular weight excluding hydrogens is 316 g/mol. The van der Waals surface area contributed by atoms with Crippen LogP contribution in [0.1, 0.15) is 26.3 Å². The van der Waals surface area contributed by atoms with E-state index >= 15 is 0 Å². The zero-order valence-corrected chi connectivity index (χ0v) is 13.9. The molecule has 0 aliphatic carbocycles. The number of imide groups is 1. The van der Waals surface area contributed by atoms with Crippen LogP contribution in [-0.4, -0.2) is 42.6 Å². The van der Waals surface area contributed by atoms with Crippen molar-refractivity contribution in [2.24, 2.45) is 5.92 Å². The fourth-order valence-corrected chi connectivity index (χ4v) is 3.01. The van der Waals surface area contributed by atoms with Gasteiger partial charge in [0.15, 0.2) is 0 Å². The molecule has 2 amide bonds. The SMILES string of the molecule is O=CC(CNCCN1C(=O)c2ccccc2C1=O)Cc1ccccc1. The van der Waals surface area contributed by atoms with E-state index in [1.54, 1.807) is 24.3 Å². The van der Waals surface area contributed by atoms with Gasteiger partial charge in [0.05, 0.1) is 11.1 Å². The average molecular weight is 336 g/mol. The predicted octanol–water partition coefficient (Wildman–Crippen LogP) is 1.93. The Morgan fingerprint density at radius 2 is 1.52 bits per heavy atom. The van der Waals surface area contributed by atoms with E-state index in [4.69, 9.17) is 0 Å². The van der Waals surface area contributed by atoms with Gasteiger partial charge in [0.1, 0.15) is 6.29 Å². The van der Waals surface area contributed by atoms with E-state index in [1.165, 1.54) is 4.90 Å². The minimum absolute atomic E-state index is 0.135. The minimum atomic E-state index is -0.251. The number of fused-ring (bicyclic) bond motifs is 1. The molecule has 1 heterocycles. The standard InChI is InChI=1S/C20H20N2O3/c23-14-16(12-15-6-2-1-3-7-15)13-21-10-11-22-19(24)17-8-4-5-9-18(17)20(22)25/h1-9,14,16,21H,10-13H2. The number of nitrogens with zero attached hydrogens (tertiary/aromatic N) is 1. The van der Waals surface area contributed by atoms with Gasteiger partial charge < -0.3 is 10.1 Å². The third-order valence-corrected chi connectivity index (χ3v) is 4.33. The number of amides is 2. The maximum atomic E-state index is 12.3. The lowest BCUT2D eigenvalue weighted by Crippen LogP contribution is -2.37. The van der Waals surface area contributed by atoms with Crippen LogP contribution in [0.15, 0.2) is 54.6 Å². The van der Waals surface area contributed by atoms with Crippen LogP contribution < -0.4 is 5.32 Å². The molecule has 1 atom stereocenters. The van der Waals surface area contributed by atoms with E-state index in [0.717, 1.165) is 11.8 Å². The molecule has 0 fully saturated rings. The van der Waals surface area contributed by atoms with Gasteiger partial charge in [-0.15, -0.1) is 0 Å². The summed E-state index contributed by atoms with van der Waals surface area (Å²) in [7, 11) is 0. The van der Waals surface area contributed by atoms with Gasteiger partial charge in [-0.2, -0.15) is 0 Å². The summed E-state index contributed by atoms with van der Waals surface area (Å²) in [5.74, 6) is -0.637. The largest absolute Gasteiger partial charge is 0.314 e. The maximum absolute atomic E-state index is 12.3. The van der Waals surface area contributed by atoms with Gasteiger partial charge in [-0.25, -0.2) is 0 Å². The lowest BCUT2D eigenvalue weighted by atomic mass is 10.0. The van der Waals surface area contributed by atoms with Crippen LogP contribution in [0.5, 0.6) is 0 Å². The van der Waals surface area contributed by atoms with Crippen molar-refractivity contribution in [3.05, 3.63) is 71.3 Å². The Bertz CT molecular complexity index is 739. The van der Waals surface area contributed by atoms with Crippen molar-refractivity contribution in [1.29, 1.82) is 0 Å². The number of carbonyl (C=O) groups is 3. The van der Waals surface area contributed by atoms with Gasteiger partial charge in [0.2, 0.25) is 0 Å². The molecule has 1 N–H and O–H groups in total. The first-order valence-electron chi connectivity index (χ1n) is 8.36. The van der Waals surface area contributed by atoms with Crippen molar-refractivity contribution in [3.8, 4) is 0 Å². The molecule has 2 aromatic rings. The smallest absolute Gasteiger partial charge is 0.261 e. The third-order valence-electron chi connectivity index (χ3n) is 4.33. The number of nitrogens with one attached hydrogen (secondary N) is 1. The van der Waals surface area contributed by atoms with Gasteiger partial charge in [-0.3, -0.25) is 14.5 Å². The molecule has 0 bridgehead atoms. The molecule has 0 aromatic heterocycles. The van der Waals surface area contributed by atoms with Crippen molar-refractivity contribution in [2.75, 3.05) is 19.6 Å². The summed E-state index contributed by atoms with van der Waals surface area (Å²) in [6, 6.07) is 16.7. The summed E-state index contributed by atoms with van der Waals surface area (Å²) < 4.78 is 0. The second-order valence-corrected chi connectivity index (χ2v) is 6.10. The second kappa shape index (κ2) is 7.85. The molecule has 0 saturated heterocycles. The lowest BCUT2D eigenvalue weighted by Gasteiger charge is -2.16. The molecule has 2 aromatic carbocycles. The van der Waals surface area contributed by atoms with E-state index in [0.29, 0.717) is 37.2 Å². The Kier molecular flexibility index (Phi) is 5.36. The van der Waals surface area contributed by atoms with Gasteiger partial charge in [0, 0.05) is 25.6 Å². The quantitative estimate of drug-likeness (QED) is 0.454. The summed E-state index contributed by atoms with van der Waals surface area (Å²) in [5, 5.41) is 3.17. The summed E-state index contributed by atoms with van der Waals surface area (Å²) in [6.07, 6.45) is 1.62. The molecule has 25 heavy (non-hydrogen) atoms. The maximum Gasteiger partial charge on any atom is 0.261 e. The van der Waals surface area contributed by atoms with E-state index in [-0.39, 0.29) is 17.7 Å². The summed E-state index contributed by atoms with van der Waals surface area (Å²) in [5.41, 5.74) is 2.03. The molecule has 128 valence electrons. The Hall–Kier alpha value is -2.79. The van der Waals surface area contributed by atoms with Crippen LogP contribution in [0.4, 0.5) is 0 Å². The topological polar surface area (TPSA) is 66.5 Å². The van der Waals surface area contributed by atoms with Crippen LogP contribution in [0.3, 0.4) is 0 Å². The third kappa shape index (κ3) is 3.83. The molecule has 0 spiro atoms. The zero-order chi connectivity index (χ0) is 17.6. The lowest BCUT2D eigenvalue weighted by molar-refractivity contribution is -0.111. The number of aldehydes is 1. The van der Waals surface area contributed by atoms with Crippen LogP contribution in [-0.2, 0) is 11.2 Å². The molecule has 5 heteroatoms. The van der Waals surface area contributed by atoms with Crippen molar-refractivity contribution >= 4 is 18.1 Å². The normalized spacial score (nSPS) is 14.5. The van der Waals surface area contributed by atoms with Crippen LogP contribution in [0.2, 0.25) is 0 Å². The Morgan fingerprint density at radius 3 is 2.12 bits per heavy atom. The first-order chi connectivity index (χ1) is 12.2. The van der Waals surface area contributed by atoms with E-state index < -0.39 is 0 Å². The Labute approximate surface area is 146 Å². The number of hydrogen-bond acceptors (Lipinski definition) is 4. The Morgan fingerprint density at radius 1 is 0.920 bits per heavy atom.